The third-order valence-electron chi connectivity index (χ3n) is 8.64. The summed E-state index contributed by atoms with van der Waals surface area (Å²) in [5, 5.41) is 2.59. The summed E-state index contributed by atoms with van der Waals surface area (Å²) in [4.78, 5) is 27.4. The molecule has 0 fully saturated rings. The lowest BCUT2D eigenvalue weighted by Gasteiger charge is -2.41. The fourth-order valence-electron chi connectivity index (χ4n) is 7.51. The molecule has 0 N–H and O–H groups in total. The van der Waals surface area contributed by atoms with E-state index in [1.165, 1.54) is 47.2 Å². The van der Waals surface area contributed by atoms with Crippen LogP contribution in [0.4, 0.5) is 0 Å². The van der Waals surface area contributed by atoms with Gasteiger partial charge in [0.2, 0.25) is 0 Å². The van der Waals surface area contributed by atoms with E-state index in [9.17, 15) is 9.59 Å². The first-order chi connectivity index (χ1) is 19.2. The third-order valence-corrected chi connectivity index (χ3v) is 8.64. The van der Waals surface area contributed by atoms with Crippen molar-refractivity contribution in [3.63, 3.8) is 0 Å². The molecule has 0 unspecified atom stereocenters. The van der Waals surface area contributed by atoms with E-state index in [4.69, 9.17) is 9.47 Å². The van der Waals surface area contributed by atoms with E-state index in [0.717, 1.165) is 22.3 Å². The monoisotopic (exact) mass is 570 g/mol. The average Bonchev–Trinajstić information content (AvgIpc) is 2.85. The van der Waals surface area contributed by atoms with Crippen LogP contribution in [0.2, 0.25) is 0 Å². The van der Waals surface area contributed by atoms with Crippen LogP contribution in [0, 0.1) is 0 Å². The van der Waals surface area contributed by atoms with Crippen molar-refractivity contribution >= 4 is 22.7 Å². The number of ether oxygens (including phenoxy) is 2. The molecule has 0 amide bonds. The Balaban J connectivity index is 2.35. The standard InChI is InChI=1S/C38H50O4/c1-35(2,3)29-21-17-15-16-18-22(21)30(36(4,5)6)24-20-26-25(19-23(24)29)31(37(7,8)9)27(33(39)41-13)28(34(40)42-14)32(26)38(10,11)12/h15-18H,19-20H2,1-14H3. The number of benzene rings is 3. The second-order valence-electron chi connectivity index (χ2n) is 16.0. The van der Waals surface area contributed by atoms with Crippen LogP contribution in [-0.4, -0.2) is 26.2 Å². The van der Waals surface area contributed by atoms with Crippen LogP contribution in [0.3, 0.4) is 0 Å². The molecule has 0 heterocycles. The van der Waals surface area contributed by atoms with Crippen LogP contribution in [0.25, 0.3) is 10.8 Å². The molecule has 0 saturated heterocycles. The first-order valence-corrected chi connectivity index (χ1v) is 15.1. The summed E-state index contributed by atoms with van der Waals surface area (Å²) in [5.41, 5.74) is 9.09. The van der Waals surface area contributed by atoms with Crippen molar-refractivity contribution in [2.24, 2.45) is 0 Å². The van der Waals surface area contributed by atoms with Gasteiger partial charge in [0, 0.05) is 0 Å². The number of carbonyl (C=O) groups is 2. The highest BCUT2D eigenvalue weighted by Crippen LogP contribution is 2.50. The minimum Gasteiger partial charge on any atom is -0.465 e. The van der Waals surface area contributed by atoms with Crippen LogP contribution in [0.5, 0.6) is 0 Å². The zero-order chi connectivity index (χ0) is 31.7. The van der Waals surface area contributed by atoms with Crippen molar-refractivity contribution in [1.82, 2.24) is 0 Å². The lowest BCUT2D eigenvalue weighted by Crippen LogP contribution is -2.33. The van der Waals surface area contributed by atoms with Crippen LogP contribution in [0.15, 0.2) is 24.3 Å². The molecular formula is C38H50O4. The Morgan fingerprint density at radius 1 is 0.500 bits per heavy atom. The van der Waals surface area contributed by atoms with Gasteiger partial charge >= 0.3 is 11.9 Å². The van der Waals surface area contributed by atoms with Gasteiger partial charge in [0.15, 0.2) is 0 Å². The Bertz CT molecular complexity index is 1470. The highest BCUT2D eigenvalue weighted by atomic mass is 16.5. The lowest BCUT2D eigenvalue weighted by atomic mass is 9.63. The summed E-state index contributed by atoms with van der Waals surface area (Å²) in [7, 11) is 2.78. The zero-order valence-electron chi connectivity index (χ0n) is 28.4. The second kappa shape index (κ2) is 10.2. The number of fused-ring (bicyclic) bond motifs is 3. The summed E-state index contributed by atoms with van der Waals surface area (Å²) >= 11 is 0. The molecule has 0 atom stereocenters. The maximum atomic E-state index is 13.7. The minimum absolute atomic E-state index is 0.108. The SMILES string of the molecule is COC(=O)c1c(C(=O)OC)c(C(C)(C)C)c2c(c1C(C)(C)C)Cc1c(c(C(C)(C)C)c3ccccc3c1C(C)(C)C)C2. The number of esters is 2. The molecule has 0 aromatic heterocycles. The van der Waals surface area contributed by atoms with Gasteiger partial charge < -0.3 is 9.47 Å². The number of rotatable bonds is 2. The zero-order valence-corrected chi connectivity index (χ0v) is 28.4. The first kappa shape index (κ1) is 31.8. The number of carbonyl (C=O) groups excluding carboxylic acids is 2. The summed E-state index contributed by atoms with van der Waals surface area (Å²) < 4.78 is 10.8. The maximum absolute atomic E-state index is 13.7. The van der Waals surface area contributed by atoms with Gasteiger partial charge in [-0.3, -0.25) is 0 Å². The van der Waals surface area contributed by atoms with Crippen LogP contribution in [-0.2, 0) is 44.0 Å². The molecule has 42 heavy (non-hydrogen) atoms. The van der Waals surface area contributed by atoms with E-state index in [0.29, 0.717) is 24.0 Å². The smallest absolute Gasteiger partial charge is 0.339 e. The van der Waals surface area contributed by atoms with Gasteiger partial charge in [-0.1, -0.05) is 107 Å². The normalized spacial score (nSPS) is 14.0. The molecule has 3 aromatic rings. The largest absolute Gasteiger partial charge is 0.465 e. The van der Waals surface area contributed by atoms with Crippen molar-refractivity contribution in [1.29, 1.82) is 0 Å². The molecule has 4 heteroatoms. The molecule has 0 bridgehead atoms. The predicted octanol–water partition coefficient (Wildman–Crippen LogP) is 9.10. The lowest BCUT2D eigenvalue weighted by molar-refractivity contribution is 0.0550. The van der Waals surface area contributed by atoms with Gasteiger partial charge in [0.05, 0.1) is 25.3 Å². The highest BCUT2D eigenvalue weighted by Gasteiger charge is 2.42. The number of methoxy groups -OCH3 is 2. The Labute approximate surface area is 253 Å². The quantitative estimate of drug-likeness (QED) is 0.226. The van der Waals surface area contributed by atoms with Gasteiger partial charge in [-0.15, -0.1) is 0 Å². The van der Waals surface area contributed by atoms with E-state index < -0.39 is 22.8 Å². The van der Waals surface area contributed by atoms with Crippen LogP contribution < -0.4 is 0 Å². The summed E-state index contributed by atoms with van der Waals surface area (Å²) in [6, 6.07) is 8.83. The van der Waals surface area contributed by atoms with Crippen molar-refractivity contribution in [3.05, 3.63) is 79.9 Å². The fraction of sp³-hybridized carbons (Fsp3) is 0.526. The topological polar surface area (TPSA) is 52.6 Å². The van der Waals surface area contributed by atoms with E-state index in [1.54, 1.807) is 0 Å². The number of hydrogen-bond acceptors (Lipinski definition) is 4. The van der Waals surface area contributed by atoms with Crippen molar-refractivity contribution in [2.45, 2.75) is 118 Å². The molecule has 4 nitrogen and oxygen atoms in total. The Kier molecular flexibility index (Phi) is 7.75. The van der Waals surface area contributed by atoms with Crippen LogP contribution >= 0.6 is 0 Å². The van der Waals surface area contributed by atoms with E-state index in [2.05, 4.69) is 107 Å². The van der Waals surface area contributed by atoms with Crippen molar-refractivity contribution in [2.75, 3.05) is 14.2 Å². The minimum atomic E-state index is -0.496. The van der Waals surface area contributed by atoms with Crippen LogP contribution in [0.1, 0.15) is 148 Å². The Hall–Kier alpha value is -3.14. The summed E-state index contributed by atoms with van der Waals surface area (Å²) in [5.74, 6) is -0.992. The summed E-state index contributed by atoms with van der Waals surface area (Å²) in [6.07, 6.45) is 1.37. The van der Waals surface area contributed by atoms with E-state index in [1.807, 2.05) is 0 Å². The molecule has 1 aliphatic rings. The molecule has 0 saturated carbocycles. The molecule has 0 spiro atoms. The molecule has 226 valence electrons. The highest BCUT2D eigenvalue weighted by molar-refractivity contribution is 6.07. The molecule has 4 rings (SSSR count). The van der Waals surface area contributed by atoms with Gasteiger partial charge in [0.25, 0.3) is 0 Å². The van der Waals surface area contributed by atoms with Gasteiger partial charge in [-0.25, -0.2) is 9.59 Å². The average molecular weight is 571 g/mol. The molecule has 0 radical (unpaired) electrons. The molecule has 0 aliphatic heterocycles. The fourth-order valence-corrected chi connectivity index (χ4v) is 7.51. The predicted molar refractivity (Wildman–Crippen MR) is 173 cm³/mol. The Morgan fingerprint density at radius 2 is 0.762 bits per heavy atom. The third kappa shape index (κ3) is 5.16. The van der Waals surface area contributed by atoms with Crippen molar-refractivity contribution < 1.29 is 19.1 Å². The summed E-state index contributed by atoms with van der Waals surface area (Å²) in [6.45, 7) is 26.5. The second-order valence-corrected chi connectivity index (χ2v) is 16.0. The first-order valence-electron chi connectivity index (χ1n) is 15.1. The van der Waals surface area contributed by atoms with Gasteiger partial charge in [0.1, 0.15) is 0 Å². The Morgan fingerprint density at radius 3 is 1.00 bits per heavy atom. The van der Waals surface area contributed by atoms with Gasteiger partial charge in [-0.05, 0) is 89.8 Å². The number of hydrogen-bond donors (Lipinski definition) is 0. The van der Waals surface area contributed by atoms with E-state index >= 15 is 0 Å². The maximum Gasteiger partial charge on any atom is 0.339 e. The molecular weight excluding hydrogens is 520 g/mol. The molecule has 3 aromatic carbocycles. The molecule has 1 aliphatic carbocycles. The van der Waals surface area contributed by atoms with E-state index in [-0.39, 0.29) is 10.8 Å². The van der Waals surface area contributed by atoms with Gasteiger partial charge in [-0.2, -0.15) is 0 Å². The van der Waals surface area contributed by atoms with Crippen molar-refractivity contribution in [3.8, 4) is 0 Å².